The van der Waals surface area contributed by atoms with Gasteiger partial charge in [0.25, 0.3) is 0 Å². The maximum absolute atomic E-state index is 5.60. The minimum atomic E-state index is 0.231. The van der Waals surface area contributed by atoms with E-state index in [1.165, 1.54) is 5.57 Å². The Hall–Kier alpha value is -0.960. The van der Waals surface area contributed by atoms with Gasteiger partial charge in [0.1, 0.15) is 0 Å². The van der Waals surface area contributed by atoms with Gasteiger partial charge in [0, 0.05) is 13.2 Å². The highest BCUT2D eigenvalue weighted by atomic mass is 16.5. The molecule has 0 aliphatic carbocycles. The van der Waals surface area contributed by atoms with Crippen LogP contribution in [0.25, 0.3) is 0 Å². The van der Waals surface area contributed by atoms with E-state index >= 15 is 0 Å². The normalized spacial score (nSPS) is 12.7. The first-order valence-corrected chi connectivity index (χ1v) is 5.92. The predicted octanol–water partition coefficient (Wildman–Crippen LogP) is 3.36. The minimum Gasteiger partial charge on any atom is -0.495 e. The van der Waals surface area contributed by atoms with Crippen LogP contribution >= 0.6 is 0 Å². The lowest BCUT2D eigenvalue weighted by Gasteiger charge is -2.13. The van der Waals surface area contributed by atoms with Gasteiger partial charge in [-0.1, -0.05) is 13.8 Å². The van der Waals surface area contributed by atoms with Crippen molar-refractivity contribution in [1.29, 1.82) is 0 Å². The molecule has 0 aromatic heterocycles. The molecule has 0 atom stereocenters. The number of hydrogen-bond donors (Lipinski definition) is 2. The number of hydrogen-bond acceptors (Lipinski definition) is 3. The van der Waals surface area contributed by atoms with Crippen molar-refractivity contribution in [3.8, 4) is 0 Å². The van der Waals surface area contributed by atoms with Crippen LogP contribution in [0.2, 0.25) is 0 Å². The van der Waals surface area contributed by atoms with Crippen LogP contribution in [-0.4, -0.2) is 13.2 Å². The molecule has 0 radical (unpaired) electrons. The predicted molar refractivity (Wildman–Crippen MR) is 71.9 cm³/mol. The number of rotatable bonds is 5. The van der Waals surface area contributed by atoms with Crippen LogP contribution in [-0.2, 0) is 4.74 Å². The summed E-state index contributed by atoms with van der Waals surface area (Å²) in [5.74, 6) is 0.978. The van der Waals surface area contributed by atoms with Crippen molar-refractivity contribution in [1.82, 2.24) is 10.9 Å². The molecule has 0 saturated carbocycles. The summed E-state index contributed by atoms with van der Waals surface area (Å²) < 4.78 is 5.60. The number of hydrazine groups is 1. The Morgan fingerprint density at radius 1 is 1.12 bits per heavy atom. The highest BCUT2D eigenvalue weighted by molar-refractivity contribution is 5.28. The largest absolute Gasteiger partial charge is 0.495 e. The molecular formula is C13H28N2O. The molecule has 0 unspecified atom stereocenters. The van der Waals surface area contributed by atoms with Crippen molar-refractivity contribution < 1.29 is 4.74 Å². The zero-order valence-corrected chi connectivity index (χ0v) is 12.1. The first kappa shape index (κ1) is 17.4. The quantitative estimate of drug-likeness (QED) is 0.430. The smallest absolute Gasteiger partial charge is 0.0965 e. The second-order valence-electron chi connectivity index (χ2n) is 3.57. The van der Waals surface area contributed by atoms with Gasteiger partial charge in [-0.05, 0) is 45.8 Å². The van der Waals surface area contributed by atoms with E-state index in [1.54, 1.807) is 0 Å². The Bertz CT molecular complexity index is 230. The number of ether oxygens (including phenoxy) is 1. The number of allylic oxidation sites excluding steroid dienone is 3. The van der Waals surface area contributed by atoms with Crippen molar-refractivity contribution in [2.24, 2.45) is 0 Å². The topological polar surface area (TPSA) is 33.3 Å². The fraction of sp³-hybridized carbons (Fsp3) is 0.692. The summed E-state index contributed by atoms with van der Waals surface area (Å²) >= 11 is 0. The lowest BCUT2D eigenvalue weighted by Crippen LogP contribution is -2.21. The van der Waals surface area contributed by atoms with Crippen molar-refractivity contribution in [2.75, 3.05) is 7.05 Å². The van der Waals surface area contributed by atoms with Crippen molar-refractivity contribution in [3.63, 3.8) is 0 Å². The molecule has 0 fully saturated rings. The molecule has 3 nitrogen and oxygen atoms in total. The summed E-state index contributed by atoms with van der Waals surface area (Å²) in [6, 6.07) is 0. The van der Waals surface area contributed by atoms with E-state index in [0.717, 1.165) is 11.3 Å². The van der Waals surface area contributed by atoms with Crippen molar-refractivity contribution in [3.05, 3.63) is 23.1 Å². The summed E-state index contributed by atoms with van der Waals surface area (Å²) in [6.07, 6.45) is 2.15. The molecule has 0 aromatic rings. The zero-order valence-electron chi connectivity index (χ0n) is 12.1. The molecule has 0 saturated heterocycles. The van der Waals surface area contributed by atoms with E-state index in [0.29, 0.717) is 0 Å². The Morgan fingerprint density at radius 2 is 1.62 bits per heavy atom. The van der Waals surface area contributed by atoms with Gasteiger partial charge in [-0.25, -0.2) is 5.43 Å². The maximum Gasteiger partial charge on any atom is 0.0965 e. The van der Waals surface area contributed by atoms with E-state index in [-0.39, 0.29) is 6.10 Å². The van der Waals surface area contributed by atoms with Crippen LogP contribution in [0.15, 0.2) is 23.1 Å². The van der Waals surface area contributed by atoms with Crippen LogP contribution in [0.5, 0.6) is 0 Å². The summed E-state index contributed by atoms with van der Waals surface area (Å²) in [5.41, 5.74) is 8.11. The summed E-state index contributed by atoms with van der Waals surface area (Å²) in [4.78, 5) is 0. The average molecular weight is 228 g/mol. The molecule has 2 N–H and O–H groups in total. The second-order valence-corrected chi connectivity index (χ2v) is 3.57. The lowest BCUT2D eigenvalue weighted by atomic mass is 10.1. The molecule has 0 aromatic carbocycles. The fourth-order valence-electron chi connectivity index (χ4n) is 1.01. The molecule has 0 heterocycles. The SMILES string of the molecule is CC.CNN/C=C(C)/C(C)=C(/C)OC(C)C. The van der Waals surface area contributed by atoms with Crippen molar-refractivity contribution in [2.45, 2.75) is 54.6 Å². The van der Waals surface area contributed by atoms with Crippen molar-refractivity contribution >= 4 is 0 Å². The van der Waals surface area contributed by atoms with Crippen LogP contribution in [0.1, 0.15) is 48.5 Å². The molecular weight excluding hydrogens is 200 g/mol. The van der Waals surface area contributed by atoms with Gasteiger partial charge in [-0.3, -0.25) is 0 Å². The summed E-state index contributed by atoms with van der Waals surface area (Å²) in [7, 11) is 1.83. The number of nitrogens with one attached hydrogen (secondary N) is 2. The van der Waals surface area contributed by atoms with Gasteiger partial charge < -0.3 is 10.2 Å². The van der Waals surface area contributed by atoms with Gasteiger partial charge in [0.15, 0.2) is 0 Å². The van der Waals surface area contributed by atoms with E-state index in [4.69, 9.17) is 4.74 Å². The minimum absolute atomic E-state index is 0.231. The van der Waals surface area contributed by atoms with Gasteiger partial charge in [-0.2, -0.15) is 0 Å². The zero-order chi connectivity index (χ0) is 13.1. The molecule has 0 aliphatic rings. The highest BCUT2D eigenvalue weighted by Gasteiger charge is 2.02. The van der Waals surface area contributed by atoms with Gasteiger partial charge in [0.05, 0.1) is 11.9 Å². The summed E-state index contributed by atoms with van der Waals surface area (Å²) in [5, 5.41) is 0. The third kappa shape index (κ3) is 8.36. The van der Waals surface area contributed by atoms with Gasteiger partial charge in [0.2, 0.25) is 0 Å². The Morgan fingerprint density at radius 3 is 2.00 bits per heavy atom. The fourth-order valence-corrected chi connectivity index (χ4v) is 1.01. The first-order chi connectivity index (χ1) is 7.49. The van der Waals surface area contributed by atoms with E-state index in [9.17, 15) is 0 Å². The molecule has 3 heteroatoms. The first-order valence-electron chi connectivity index (χ1n) is 5.92. The van der Waals surface area contributed by atoms with Crippen LogP contribution < -0.4 is 10.9 Å². The summed E-state index contributed by atoms with van der Waals surface area (Å²) in [6.45, 7) is 14.2. The third-order valence-corrected chi connectivity index (χ3v) is 1.97. The standard InChI is InChI=1S/C11H22N2O.C2H6/c1-8(2)14-11(5)10(4)9(3)7-13-12-6;1-2/h7-8,12-13H,1-6H3;1-2H3/b9-7+,11-10-;. The van der Waals surface area contributed by atoms with Crippen LogP contribution in [0, 0.1) is 0 Å². The Kier molecular flexibility index (Phi) is 11.5. The highest BCUT2D eigenvalue weighted by Crippen LogP contribution is 2.15. The van der Waals surface area contributed by atoms with Crippen LogP contribution in [0.4, 0.5) is 0 Å². The Labute approximate surface area is 101 Å². The van der Waals surface area contributed by atoms with Gasteiger partial charge in [-0.15, -0.1) is 0 Å². The van der Waals surface area contributed by atoms with E-state index in [1.807, 2.05) is 54.8 Å². The molecule has 0 bridgehead atoms. The van der Waals surface area contributed by atoms with Crippen LogP contribution in [0.3, 0.4) is 0 Å². The molecule has 0 amide bonds. The average Bonchev–Trinajstić information content (AvgIpc) is 2.26. The third-order valence-electron chi connectivity index (χ3n) is 1.97. The lowest BCUT2D eigenvalue weighted by molar-refractivity contribution is 0.147. The molecule has 96 valence electrons. The molecule has 16 heavy (non-hydrogen) atoms. The molecule has 0 rings (SSSR count). The Balaban J connectivity index is 0. The van der Waals surface area contributed by atoms with E-state index in [2.05, 4.69) is 17.8 Å². The monoisotopic (exact) mass is 228 g/mol. The van der Waals surface area contributed by atoms with Gasteiger partial charge >= 0.3 is 0 Å². The molecule has 0 aliphatic heterocycles. The maximum atomic E-state index is 5.60. The molecule has 0 spiro atoms. The second kappa shape index (κ2) is 10.6. The van der Waals surface area contributed by atoms with E-state index < -0.39 is 0 Å².